The molecular weight excluding hydrogens is 367 g/mol. The van der Waals surface area contributed by atoms with Crippen molar-refractivity contribution in [1.29, 1.82) is 0 Å². The molecule has 0 aliphatic rings. The summed E-state index contributed by atoms with van der Waals surface area (Å²) < 4.78 is 45.5. The van der Waals surface area contributed by atoms with Crippen LogP contribution in [0.1, 0.15) is 57.6 Å². The zero-order chi connectivity index (χ0) is 20.6. The Balaban J connectivity index is 2.34. The van der Waals surface area contributed by atoms with Crippen LogP contribution >= 0.6 is 0 Å². The van der Waals surface area contributed by atoms with Crippen molar-refractivity contribution in [2.75, 3.05) is 18.1 Å². The van der Waals surface area contributed by atoms with Crippen molar-refractivity contribution in [3.8, 4) is 5.88 Å². The van der Waals surface area contributed by atoms with E-state index in [1.54, 1.807) is 0 Å². The van der Waals surface area contributed by atoms with E-state index >= 15 is 0 Å². The Bertz CT molecular complexity index is 750. The molecule has 4 nitrogen and oxygen atoms in total. The van der Waals surface area contributed by atoms with Crippen molar-refractivity contribution in [3.05, 3.63) is 41.6 Å². The van der Waals surface area contributed by atoms with Crippen molar-refractivity contribution in [1.82, 2.24) is 9.97 Å². The summed E-state index contributed by atoms with van der Waals surface area (Å²) in [5, 5.41) is 0. The van der Waals surface area contributed by atoms with Crippen LogP contribution in [0.25, 0.3) is 0 Å². The molecule has 0 aliphatic heterocycles. The molecule has 0 saturated carbocycles. The van der Waals surface area contributed by atoms with Crippen LogP contribution in [0.15, 0.2) is 30.5 Å². The number of halogens is 3. The minimum Gasteiger partial charge on any atom is -0.477 e. The second kappa shape index (κ2) is 10.3. The monoisotopic (exact) mass is 395 g/mol. The minimum absolute atomic E-state index is 0.206. The van der Waals surface area contributed by atoms with E-state index in [-0.39, 0.29) is 12.6 Å². The number of anilines is 2. The van der Waals surface area contributed by atoms with Crippen LogP contribution in [-0.4, -0.2) is 23.1 Å². The predicted molar refractivity (Wildman–Crippen MR) is 105 cm³/mol. The second-order valence-corrected chi connectivity index (χ2v) is 6.52. The maximum Gasteiger partial charge on any atom is 0.423 e. The highest BCUT2D eigenvalue weighted by Crippen LogP contribution is 2.36. The summed E-state index contributed by atoms with van der Waals surface area (Å²) in [6.07, 6.45) is 0.752. The summed E-state index contributed by atoms with van der Waals surface area (Å²) in [6, 6.07) is 7.75. The molecule has 1 heterocycles. The van der Waals surface area contributed by atoms with Gasteiger partial charge >= 0.3 is 6.18 Å². The molecular formula is C21H28F3N3O. The molecule has 0 radical (unpaired) electrons. The van der Waals surface area contributed by atoms with Crippen molar-refractivity contribution in [2.24, 2.45) is 0 Å². The molecule has 2 aromatic rings. The van der Waals surface area contributed by atoms with Crippen LogP contribution in [0.4, 0.5) is 24.8 Å². The maximum atomic E-state index is 13.4. The lowest BCUT2D eigenvalue weighted by atomic mass is 10.1. The summed E-state index contributed by atoms with van der Waals surface area (Å²) in [5.41, 5.74) is 1.03. The number of unbranched alkanes of at least 4 members (excludes halogenated alkanes) is 3. The molecule has 0 aliphatic carbocycles. The molecule has 2 rings (SSSR count). The number of aromatic nitrogens is 2. The zero-order valence-corrected chi connectivity index (χ0v) is 16.7. The fraction of sp³-hybridized carbons (Fsp3) is 0.524. The van der Waals surface area contributed by atoms with E-state index in [2.05, 4.69) is 16.9 Å². The largest absolute Gasteiger partial charge is 0.477 e. The van der Waals surface area contributed by atoms with Crippen LogP contribution in [0.2, 0.25) is 0 Å². The van der Waals surface area contributed by atoms with E-state index in [0.29, 0.717) is 13.0 Å². The topological polar surface area (TPSA) is 38.2 Å². The zero-order valence-electron chi connectivity index (χ0n) is 16.7. The van der Waals surface area contributed by atoms with Crippen LogP contribution in [0, 0.1) is 0 Å². The lowest BCUT2D eigenvalue weighted by Gasteiger charge is -2.24. The SMILES string of the molecule is CCCCCCOc1nc(N(CC)c2ccccc2CC)ncc1C(F)(F)F. The van der Waals surface area contributed by atoms with Crippen LogP contribution in [-0.2, 0) is 12.6 Å². The molecule has 28 heavy (non-hydrogen) atoms. The van der Waals surface area contributed by atoms with Crippen molar-refractivity contribution < 1.29 is 17.9 Å². The highest BCUT2D eigenvalue weighted by molar-refractivity contribution is 5.62. The number of nitrogens with zero attached hydrogens (tertiary/aromatic N) is 3. The van der Waals surface area contributed by atoms with E-state index in [1.165, 1.54) is 0 Å². The summed E-state index contributed by atoms with van der Waals surface area (Å²) in [6.45, 7) is 6.76. The molecule has 0 spiro atoms. The maximum absolute atomic E-state index is 13.4. The molecule has 0 N–H and O–H groups in total. The number of benzene rings is 1. The third-order valence-corrected chi connectivity index (χ3v) is 4.50. The number of ether oxygens (including phenoxy) is 1. The number of hydrogen-bond acceptors (Lipinski definition) is 4. The summed E-state index contributed by atoms with van der Waals surface area (Å²) >= 11 is 0. The predicted octanol–water partition coefficient (Wildman–Crippen LogP) is 6.17. The Morgan fingerprint density at radius 1 is 1.04 bits per heavy atom. The fourth-order valence-electron chi connectivity index (χ4n) is 2.98. The number of rotatable bonds is 10. The van der Waals surface area contributed by atoms with Gasteiger partial charge in [-0.15, -0.1) is 0 Å². The molecule has 0 amide bonds. The van der Waals surface area contributed by atoms with Crippen LogP contribution < -0.4 is 9.64 Å². The van der Waals surface area contributed by atoms with Gasteiger partial charge in [0.15, 0.2) is 0 Å². The standard InChI is InChI=1S/C21H28F3N3O/c1-4-7-8-11-14-28-19-17(21(22,23)24)15-25-20(26-19)27(6-3)18-13-10-9-12-16(18)5-2/h9-10,12-13,15H,4-8,11,14H2,1-3H3. The first kappa shape index (κ1) is 22.0. The van der Waals surface area contributed by atoms with Gasteiger partial charge in [0, 0.05) is 18.4 Å². The summed E-state index contributed by atoms with van der Waals surface area (Å²) in [7, 11) is 0. The van der Waals surface area contributed by atoms with Gasteiger partial charge in [-0.3, -0.25) is 0 Å². The molecule has 1 aromatic heterocycles. The molecule has 7 heteroatoms. The molecule has 0 fully saturated rings. The van der Waals surface area contributed by atoms with Gasteiger partial charge in [-0.1, -0.05) is 51.3 Å². The van der Waals surface area contributed by atoms with E-state index in [9.17, 15) is 13.2 Å². The molecule has 0 saturated heterocycles. The third kappa shape index (κ3) is 5.59. The van der Waals surface area contributed by atoms with Gasteiger partial charge in [-0.2, -0.15) is 18.2 Å². The number of hydrogen-bond donors (Lipinski definition) is 0. The van der Waals surface area contributed by atoms with Gasteiger partial charge in [0.2, 0.25) is 11.8 Å². The quantitative estimate of drug-likeness (QED) is 0.451. The minimum atomic E-state index is -4.56. The first-order chi connectivity index (χ1) is 13.4. The number of aryl methyl sites for hydroxylation is 1. The van der Waals surface area contributed by atoms with Crippen molar-refractivity contribution in [3.63, 3.8) is 0 Å². The van der Waals surface area contributed by atoms with Gasteiger partial charge in [0.1, 0.15) is 5.56 Å². The Morgan fingerprint density at radius 2 is 1.79 bits per heavy atom. The summed E-state index contributed by atoms with van der Waals surface area (Å²) in [5.74, 6) is -0.193. The fourth-order valence-corrected chi connectivity index (χ4v) is 2.98. The van der Waals surface area contributed by atoms with Gasteiger partial charge in [0.25, 0.3) is 0 Å². The lowest BCUT2D eigenvalue weighted by Crippen LogP contribution is -2.22. The first-order valence-corrected chi connectivity index (χ1v) is 9.84. The Kier molecular flexibility index (Phi) is 8.08. The smallest absolute Gasteiger partial charge is 0.423 e. The highest BCUT2D eigenvalue weighted by atomic mass is 19.4. The average molecular weight is 395 g/mol. The number of alkyl halides is 3. The normalized spacial score (nSPS) is 11.5. The van der Waals surface area contributed by atoms with Gasteiger partial charge in [-0.25, -0.2) is 4.98 Å². The molecule has 0 unspecified atom stereocenters. The first-order valence-electron chi connectivity index (χ1n) is 9.84. The Morgan fingerprint density at radius 3 is 2.43 bits per heavy atom. The lowest BCUT2D eigenvalue weighted by molar-refractivity contribution is -0.139. The highest BCUT2D eigenvalue weighted by Gasteiger charge is 2.36. The molecule has 0 bridgehead atoms. The molecule has 0 atom stereocenters. The Labute approximate surface area is 164 Å². The van der Waals surface area contributed by atoms with Gasteiger partial charge < -0.3 is 9.64 Å². The molecule has 154 valence electrons. The van der Waals surface area contributed by atoms with Gasteiger partial charge in [0.05, 0.1) is 6.61 Å². The van der Waals surface area contributed by atoms with Crippen molar-refractivity contribution >= 4 is 11.6 Å². The second-order valence-electron chi connectivity index (χ2n) is 6.52. The van der Waals surface area contributed by atoms with E-state index < -0.39 is 17.6 Å². The van der Waals surface area contributed by atoms with E-state index in [1.807, 2.05) is 43.0 Å². The summed E-state index contributed by atoms with van der Waals surface area (Å²) in [4.78, 5) is 9.96. The van der Waals surface area contributed by atoms with E-state index in [4.69, 9.17) is 4.74 Å². The van der Waals surface area contributed by atoms with E-state index in [0.717, 1.165) is 43.1 Å². The Hall–Kier alpha value is -2.31. The van der Waals surface area contributed by atoms with Crippen molar-refractivity contribution in [2.45, 2.75) is 59.1 Å². The average Bonchev–Trinajstić information content (AvgIpc) is 2.68. The molecule has 1 aromatic carbocycles. The van der Waals surface area contributed by atoms with Crippen LogP contribution in [0.5, 0.6) is 5.88 Å². The van der Waals surface area contributed by atoms with Gasteiger partial charge in [-0.05, 0) is 31.4 Å². The number of para-hydroxylation sites is 1. The third-order valence-electron chi connectivity index (χ3n) is 4.50. The van der Waals surface area contributed by atoms with Crippen LogP contribution in [0.3, 0.4) is 0 Å².